The number of fused-ring (bicyclic) bond motifs is 2. The summed E-state index contributed by atoms with van der Waals surface area (Å²) in [4.78, 5) is 2.17. The van der Waals surface area contributed by atoms with Gasteiger partial charge in [-0.2, -0.15) is 0 Å². The fourth-order valence-electron chi connectivity index (χ4n) is 3.88. The summed E-state index contributed by atoms with van der Waals surface area (Å²) in [6.45, 7) is 1.73. The molecule has 150 valence electrons. The number of benzene rings is 3. The Balaban J connectivity index is 1.35. The first kappa shape index (κ1) is 19.5. The van der Waals surface area contributed by atoms with Crippen molar-refractivity contribution in [3.8, 4) is 17.2 Å². The Morgan fingerprint density at radius 1 is 0.897 bits per heavy atom. The number of hydrogen-bond acceptors (Lipinski definition) is 4. The van der Waals surface area contributed by atoms with Gasteiger partial charge in [0.05, 0.1) is 0 Å². The van der Waals surface area contributed by atoms with Crippen molar-refractivity contribution in [2.45, 2.75) is 18.4 Å². The van der Waals surface area contributed by atoms with Crippen LogP contribution in [0.5, 0.6) is 17.2 Å². The average molecular weight is 389 g/mol. The summed E-state index contributed by atoms with van der Waals surface area (Å²) < 4.78 is 11.7. The predicted octanol–water partition coefficient (Wildman–Crippen LogP) is 4.69. The van der Waals surface area contributed by atoms with E-state index >= 15 is 0 Å². The Bertz CT molecular complexity index is 883. The van der Waals surface area contributed by atoms with E-state index in [-0.39, 0.29) is 12.5 Å². The van der Waals surface area contributed by atoms with Crippen molar-refractivity contribution >= 4 is 0 Å². The molecule has 0 spiro atoms. The number of nitrogens with zero attached hydrogens (tertiary/aromatic N) is 1. The van der Waals surface area contributed by atoms with Gasteiger partial charge in [0, 0.05) is 23.6 Å². The fourth-order valence-corrected chi connectivity index (χ4v) is 3.88. The summed E-state index contributed by atoms with van der Waals surface area (Å²) in [6.07, 6.45) is 0.426. The average Bonchev–Trinajstić information content (AvgIpc) is 2.76. The van der Waals surface area contributed by atoms with Gasteiger partial charge < -0.3 is 19.5 Å². The van der Waals surface area contributed by atoms with Crippen LogP contribution < -0.4 is 9.47 Å². The lowest BCUT2D eigenvalue weighted by atomic mass is 9.85. The van der Waals surface area contributed by atoms with E-state index in [0.29, 0.717) is 6.54 Å². The molecule has 3 aromatic carbocycles. The third-order valence-corrected chi connectivity index (χ3v) is 5.32. The first-order valence-electron chi connectivity index (χ1n) is 10.1. The molecule has 3 aromatic rings. The van der Waals surface area contributed by atoms with Crippen molar-refractivity contribution in [2.24, 2.45) is 0 Å². The Hall–Kier alpha value is -2.82. The van der Waals surface area contributed by atoms with E-state index in [4.69, 9.17) is 9.47 Å². The van der Waals surface area contributed by atoms with E-state index in [1.54, 1.807) is 0 Å². The predicted molar refractivity (Wildman–Crippen MR) is 115 cm³/mol. The first-order chi connectivity index (χ1) is 14.2. The van der Waals surface area contributed by atoms with Crippen molar-refractivity contribution in [3.05, 3.63) is 90.0 Å². The minimum absolute atomic E-state index is 0.288. The zero-order valence-electron chi connectivity index (χ0n) is 16.7. The minimum Gasteiger partial charge on any atom is -0.491 e. The van der Waals surface area contributed by atoms with Crippen molar-refractivity contribution < 1.29 is 14.6 Å². The SMILES string of the molecule is CN(CCC1c2ccccc2Oc2ccccc21)CC(O)COc1ccccc1. The highest BCUT2D eigenvalue weighted by Gasteiger charge is 2.26. The third-order valence-electron chi connectivity index (χ3n) is 5.32. The van der Waals surface area contributed by atoms with Crippen LogP contribution in [0.15, 0.2) is 78.9 Å². The monoisotopic (exact) mass is 389 g/mol. The molecule has 1 atom stereocenters. The van der Waals surface area contributed by atoms with Crippen molar-refractivity contribution in [2.75, 3.05) is 26.7 Å². The molecule has 29 heavy (non-hydrogen) atoms. The molecule has 4 heteroatoms. The maximum atomic E-state index is 10.3. The van der Waals surface area contributed by atoms with Crippen LogP contribution in [0.25, 0.3) is 0 Å². The van der Waals surface area contributed by atoms with Crippen LogP contribution in [0.2, 0.25) is 0 Å². The van der Waals surface area contributed by atoms with E-state index in [2.05, 4.69) is 29.2 Å². The van der Waals surface area contributed by atoms with Gasteiger partial charge in [0.25, 0.3) is 0 Å². The molecule has 1 heterocycles. The molecule has 0 saturated heterocycles. The van der Waals surface area contributed by atoms with Crippen molar-refractivity contribution in [1.29, 1.82) is 0 Å². The lowest BCUT2D eigenvalue weighted by molar-refractivity contribution is 0.0757. The maximum Gasteiger partial charge on any atom is 0.131 e. The summed E-state index contributed by atoms with van der Waals surface area (Å²) >= 11 is 0. The number of aliphatic hydroxyl groups excluding tert-OH is 1. The van der Waals surface area contributed by atoms with Gasteiger partial charge in [0.15, 0.2) is 0 Å². The quantitative estimate of drug-likeness (QED) is 0.607. The normalized spacial score (nSPS) is 14.0. The molecule has 1 N–H and O–H groups in total. The van der Waals surface area contributed by atoms with E-state index in [1.165, 1.54) is 11.1 Å². The molecule has 1 aliphatic heterocycles. The van der Waals surface area contributed by atoms with Crippen LogP contribution in [0, 0.1) is 0 Å². The lowest BCUT2D eigenvalue weighted by Crippen LogP contribution is -2.34. The second-order valence-corrected chi connectivity index (χ2v) is 7.56. The zero-order valence-corrected chi connectivity index (χ0v) is 16.7. The highest BCUT2D eigenvalue weighted by molar-refractivity contribution is 5.53. The molecule has 0 aromatic heterocycles. The second-order valence-electron chi connectivity index (χ2n) is 7.56. The summed E-state index contributed by atoms with van der Waals surface area (Å²) in [5.74, 6) is 2.95. The summed E-state index contributed by atoms with van der Waals surface area (Å²) in [7, 11) is 2.04. The van der Waals surface area contributed by atoms with Crippen molar-refractivity contribution in [3.63, 3.8) is 0 Å². The van der Waals surface area contributed by atoms with E-state index in [9.17, 15) is 5.11 Å². The summed E-state index contributed by atoms with van der Waals surface area (Å²) in [6, 6.07) is 26.1. The van der Waals surface area contributed by atoms with Crippen molar-refractivity contribution in [1.82, 2.24) is 4.90 Å². The topological polar surface area (TPSA) is 41.9 Å². The Labute approximate surface area is 172 Å². The molecule has 0 radical (unpaired) electrons. The van der Waals surface area contributed by atoms with Gasteiger partial charge in [0.2, 0.25) is 0 Å². The highest BCUT2D eigenvalue weighted by Crippen LogP contribution is 2.45. The number of rotatable bonds is 8. The molecule has 4 nitrogen and oxygen atoms in total. The molecule has 4 rings (SSSR count). The van der Waals surface area contributed by atoms with Crippen LogP contribution in [0.3, 0.4) is 0 Å². The molecular formula is C25H27NO3. The van der Waals surface area contributed by atoms with Gasteiger partial charge in [-0.15, -0.1) is 0 Å². The van der Waals surface area contributed by atoms with Gasteiger partial charge in [-0.3, -0.25) is 0 Å². The van der Waals surface area contributed by atoms with Crippen LogP contribution in [0.4, 0.5) is 0 Å². The number of likely N-dealkylation sites (N-methyl/N-ethyl adjacent to an activating group) is 1. The van der Waals surface area contributed by atoms with Gasteiger partial charge >= 0.3 is 0 Å². The molecule has 0 saturated carbocycles. The number of para-hydroxylation sites is 3. The van der Waals surface area contributed by atoms with E-state index in [1.807, 2.05) is 61.6 Å². The molecule has 1 aliphatic rings. The third kappa shape index (κ3) is 4.78. The van der Waals surface area contributed by atoms with Gasteiger partial charge in [-0.25, -0.2) is 0 Å². The smallest absolute Gasteiger partial charge is 0.131 e. The highest BCUT2D eigenvalue weighted by atomic mass is 16.5. The maximum absolute atomic E-state index is 10.3. The molecule has 0 amide bonds. The second kappa shape index (κ2) is 9.12. The van der Waals surface area contributed by atoms with Gasteiger partial charge in [-0.1, -0.05) is 54.6 Å². The standard InChI is InChI=1S/C25H27NO3/c1-26(17-19(27)18-28-20-9-3-2-4-10-20)16-15-21-22-11-5-7-13-24(22)29-25-14-8-6-12-23(21)25/h2-14,19,21,27H,15-18H2,1H3. The summed E-state index contributed by atoms with van der Waals surface area (Å²) in [5, 5.41) is 10.3. The summed E-state index contributed by atoms with van der Waals surface area (Å²) in [5.41, 5.74) is 2.46. The molecule has 0 aliphatic carbocycles. The first-order valence-corrected chi connectivity index (χ1v) is 10.1. The van der Waals surface area contributed by atoms with E-state index < -0.39 is 6.10 Å². The number of aliphatic hydroxyl groups is 1. The molecular weight excluding hydrogens is 362 g/mol. The van der Waals surface area contributed by atoms with E-state index in [0.717, 1.165) is 30.2 Å². The van der Waals surface area contributed by atoms with Crippen LogP contribution in [-0.2, 0) is 0 Å². The Morgan fingerprint density at radius 2 is 1.48 bits per heavy atom. The molecule has 1 unspecified atom stereocenters. The van der Waals surface area contributed by atoms with Gasteiger partial charge in [0.1, 0.15) is 30.0 Å². The largest absolute Gasteiger partial charge is 0.491 e. The fraction of sp³-hybridized carbons (Fsp3) is 0.280. The van der Waals surface area contributed by atoms with Crippen LogP contribution >= 0.6 is 0 Å². The number of ether oxygens (including phenoxy) is 2. The number of hydrogen-bond donors (Lipinski definition) is 1. The molecule has 0 fully saturated rings. The Kier molecular flexibility index (Phi) is 6.13. The Morgan fingerprint density at radius 3 is 2.14 bits per heavy atom. The van der Waals surface area contributed by atoms with Crippen LogP contribution in [0.1, 0.15) is 23.5 Å². The lowest BCUT2D eigenvalue weighted by Gasteiger charge is -2.30. The zero-order chi connectivity index (χ0) is 20.1. The minimum atomic E-state index is -0.533. The van der Waals surface area contributed by atoms with Crippen LogP contribution in [-0.4, -0.2) is 42.9 Å². The molecule has 0 bridgehead atoms. The van der Waals surface area contributed by atoms with Gasteiger partial charge in [-0.05, 0) is 44.3 Å².